The molecule has 3 amide bonds. The lowest BCUT2D eigenvalue weighted by molar-refractivity contribution is -0.143. The number of rotatable bonds is 12. The number of aliphatic carboxylic acids is 1. The summed E-state index contributed by atoms with van der Waals surface area (Å²) in [7, 11) is 0. The summed E-state index contributed by atoms with van der Waals surface area (Å²) in [6.45, 7) is 1.73. The number of nitrogens with one attached hydrogen (secondary N) is 3. The van der Waals surface area contributed by atoms with Crippen molar-refractivity contribution in [3.63, 3.8) is 0 Å². The Balaban J connectivity index is 1.71. The number of amides is 3. The maximum Gasteiger partial charge on any atom is 0.326 e. The summed E-state index contributed by atoms with van der Waals surface area (Å²) in [6.07, 6.45) is 3.86. The van der Waals surface area contributed by atoms with Crippen molar-refractivity contribution < 1.29 is 29.4 Å². The van der Waals surface area contributed by atoms with Crippen LogP contribution in [0.4, 0.5) is 0 Å². The van der Waals surface area contributed by atoms with Gasteiger partial charge >= 0.3 is 5.97 Å². The van der Waals surface area contributed by atoms with Crippen molar-refractivity contribution in [3.05, 3.63) is 36.0 Å². The Labute approximate surface area is 219 Å². The molecule has 12 heteroatoms. The van der Waals surface area contributed by atoms with Gasteiger partial charge in [0.15, 0.2) is 0 Å². The van der Waals surface area contributed by atoms with Crippen molar-refractivity contribution in [2.75, 3.05) is 18.6 Å². The first-order valence-corrected chi connectivity index (χ1v) is 13.6. The Kier molecular flexibility index (Phi) is 9.95. The molecule has 3 rings (SSSR count). The second-order valence-electron chi connectivity index (χ2n) is 9.26. The largest absolute Gasteiger partial charge is 0.480 e. The summed E-state index contributed by atoms with van der Waals surface area (Å²) in [5.41, 5.74) is 7.41. The van der Waals surface area contributed by atoms with Crippen molar-refractivity contribution in [1.29, 1.82) is 0 Å². The molecule has 11 nitrogen and oxygen atoms in total. The van der Waals surface area contributed by atoms with E-state index in [4.69, 9.17) is 5.73 Å². The van der Waals surface area contributed by atoms with Crippen LogP contribution in [0.1, 0.15) is 31.7 Å². The maximum atomic E-state index is 13.2. The number of benzene rings is 1. The monoisotopic (exact) mass is 533 g/mol. The quantitative estimate of drug-likeness (QED) is 0.224. The van der Waals surface area contributed by atoms with Crippen LogP contribution in [0.3, 0.4) is 0 Å². The molecule has 1 aliphatic heterocycles. The normalized spacial score (nSPS) is 18.7. The molecule has 1 aromatic carbocycles. The van der Waals surface area contributed by atoms with Crippen molar-refractivity contribution in [2.45, 2.75) is 62.9 Å². The van der Waals surface area contributed by atoms with Gasteiger partial charge in [0.05, 0.1) is 6.10 Å². The van der Waals surface area contributed by atoms with Gasteiger partial charge in [-0.25, -0.2) is 4.79 Å². The molecule has 0 aliphatic carbocycles. The third-order valence-corrected chi connectivity index (χ3v) is 7.24. The number of aliphatic hydroxyl groups is 1. The molecule has 1 saturated heterocycles. The zero-order chi connectivity index (χ0) is 27.1. The SMILES string of the molecule is CSCCC(NC(=O)C1CCCN1C(=O)C(N)C(C)O)C(=O)NC(Cc1c[nH]c2ccccc12)C(=O)O. The van der Waals surface area contributed by atoms with Gasteiger partial charge in [0.1, 0.15) is 24.2 Å². The molecule has 1 aromatic heterocycles. The Morgan fingerprint density at radius 3 is 2.62 bits per heavy atom. The van der Waals surface area contributed by atoms with Crippen LogP contribution >= 0.6 is 11.8 Å². The average molecular weight is 534 g/mol. The minimum absolute atomic E-state index is 0.0659. The van der Waals surface area contributed by atoms with E-state index in [-0.39, 0.29) is 12.8 Å². The van der Waals surface area contributed by atoms with Crippen molar-refractivity contribution in [2.24, 2.45) is 5.73 Å². The van der Waals surface area contributed by atoms with Crippen molar-refractivity contribution in [1.82, 2.24) is 20.5 Å². The molecule has 0 spiro atoms. The fourth-order valence-electron chi connectivity index (χ4n) is 4.47. The fraction of sp³-hybridized carbons (Fsp3) is 0.520. The van der Waals surface area contributed by atoms with Gasteiger partial charge in [-0.05, 0) is 49.8 Å². The first-order valence-electron chi connectivity index (χ1n) is 12.3. The molecule has 0 radical (unpaired) electrons. The number of carbonyl (C=O) groups excluding carboxylic acids is 3. The summed E-state index contributed by atoms with van der Waals surface area (Å²) < 4.78 is 0. The topological polar surface area (TPSA) is 178 Å². The molecule has 5 unspecified atom stereocenters. The highest BCUT2D eigenvalue weighted by Gasteiger charge is 2.38. The van der Waals surface area contributed by atoms with Gasteiger partial charge in [-0.1, -0.05) is 18.2 Å². The summed E-state index contributed by atoms with van der Waals surface area (Å²) >= 11 is 1.49. The van der Waals surface area contributed by atoms with E-state index >= 15 is 0 Å². The van der Waals surface area contributed by atoms with E-state index in [1.807, 2.05) is 30.5 Å². The molecule has 1 fully saturated rings. The Hall–Kier alpha value is -3.09. The fourth-order valence-corrected chi connectivity index (χ4v) is 4.94. The predicted octanol–water partition coefficient (Wildman–Crippen LogP) is 0.217. The molecular weight excluding hydrogens is 498 g/mol. The minimum atomic E-state index is -1.20. The number of aromatic nitrogens is 1. The Morgan fingerprint density at radius 1 is 1.22 bits per heavy atom. The summed E-state index contributed by atoms with van der Waals surface area (Å²) in [6, 6.07) is 3.34. The third kappa shape index (κ3) is 7.02. The number of carboxylic acid groups (broad SMARTS) is 1. The number of fused-ring (bicyclic) bond motifs is 1. The highest BCUT2D eigenvalue weighted by molar-refractivity contribution is 7.98. The molecule has 37 heavy (non-hydrogen) atoms. The van der Waals surface area contributed by atoms with E-state index in [2.05, 4.69) is 15.6 Å². The predicted molar refractivity (Wildman–Crippen MR) is 141 cm³/mol. The molecule has 202 valence electrons. The number of carboxylic acids is 1. The van der Waals surface area contributed by atoms with Crippen LogP contribution < -0.4 is 16.4 Å². The van der Waals surface area contributed by atoms with Crippen LogP contribution in [0.15, 0.2) is 30.5 Å². The van der Waals surface area contributed by atoms with E-state index in [1.54, 1.807) is 6.20 Å². The zero-order valence-electron chi connectivity index (χ0n) is 21.0. The molecule has 2 aromatic rings. The number of H-pyrrole nitrogens is 1. The summed E-state index contributed by atoms with van der Waals surface area (Å²) in [5.74, 6) is -2.27. The number of likely N-dealkylation sites (tertiary alicyclic amines) is 1. The van der Waals surface area contributed by atoms with Crippen LogP contribution in [0.2, 0.25) is 0 Å². The highest BCUT2D eigenvalue weighted by atomic mass is 32.2. The van der Waals surface area contributed by atoms with Crippen molar-refractivity contribution >= 4 is 46.4 Å². The van der Waals surface area contributed by atoms with E-state index in [0.717, 1.165) is 16.5 Å². The summed E-state index contributed by atoms with van der Waals surface area (Å²) in [4.78, 5) is 55.4. The lowest BCUT2D eigenvalue weighted by Crippen LogP contribution is -2.57. The number of aliphatic hydroxyl groups excluding tert-OH is 1. The van der Waals surface area contributed by atoms with Crippen molar-refractivity contribution in [3.8, 4) is 0 Å². The van der Waals surface area contributed by atoms with E-state index in [1.165, 1.54) is 23.6 Å². The van der Waals surface area contributed by atoms with Gasteiger partial charge in [0.25, 0.3) is 0 Å². The number of nitrogens with zero attached hydrogens (tertiary/aromatic N) is 1. The number of aromatic amines is 1. The zero-order valence-corrected chi connectivity index (χ0v) is 21.8. The Bertz CT molecular complexity index is 1120. The van der Waals surface area contributed by atoms with Gasteiger partial charge in [-0.3, -0.25) is 14.4 Å². The lowest BCUT2D eigenvalue weighted by atomic mass is 10.0. The maximum absolute atomic E-state index is 13.2. The van der Waals surface area contributed by atoms with Crippen LogP contribution in [0, 0.1) is 0 Å². The average Bonchev–Trinajstić information content (AvgIpc) is 3.52. The second kappa shape index (κ2) is 12.9. The van der Waals surface area contributed by atoms with Gasteiger partial charge in [0.2, 0.25) is 17.7 Å². The third-order valence-electron chi connectivity index (χ3n) is 6.60. The Morgan fingerprint density at radius 2 is 1.95 bits per heavy atom. The number of hydrogen-bond acceptors (Lipinski definition) is 7. The van der Waals surface area contributed by atoms with Gasteiger partial charge in [-0.15, -0.1) is 0 Å². The number of thioether (sulfide) groups is 1. The molecule has 1 aliphatic rings. The number of hydrogen-bond donors (Lipinski definition) is 6. The smallest absolute Gasteiger partial charge is 0.326 e. The molecule has 7 N–H and O–H groups in total. The van der Waals surface area contributed by atoms with Gasteiger partial charge in [-0.2, -0.15) is 11.8 Å². The van der Waals surface area contributed by atoms with Crippen LogP contribution in [0.25, 0.3) is 10.9 Å². The van der Waals surface area contributed by atoms with Crippen LogP contribution in [0.5, 0.6) is 0 Å². The molecule has 2 heterocycles. The van der Waals surface area contributed by atoms with E-state index in [0.29, 0.717) is 25.1 Å². The van der Waals surface area contributed by atoms with E-state index in [9.17, 15) is 29.4 Å². The first kappa shape index (κ1) is 28.5. The lowest BCUT2D eigenvalue weighted by Gasteiger charge is -2.29. The number of carbonyl (C=O) groups is 4. The van der Waals surface area contributed by atoms with Gasteiger partial charge in [0, 0.05) is 30.1 Å². The second-order valence-corrected chi connectivity index (χ2v) is 10.2. The highest BCUT2D eigenvalue weighted by Crippen LogP contribution is 2.21. The standard InChI is InChI=1S/C25H35N5O6S/c1-14(31)21(26)24(34)30-10-5-8-20(30)23(33)28-18(9-11-37-2)22(32)29-19(25(35)36)12-15-13-27-17-7-4-3-6-16(15)17/h3-4,6-7,13-14,18-21,27,31H,5,8-12,26H2,1-2H3,(H,28,33)(H,29,32)(H,35,36). The first-order chi connectivity index (χ1) is 17.6. The summed E-state index contributed by atoms with van der Waals surface area (Å²) in [5, 5.41) is 25.7. The molecule has 0 saturated carbocycles. The molecule has 0 bridgehead atoms. The molecule has 5 atom stereocenters. The molecular formula is C25H35N5O6S. The van der Waals surface area contributed by atoms with Crippen LogP contribution in [-0.2, 0) is 25.6 Å². The van der Waals surface area contributed by atoms with Crippen LogP contribution in [-0.4, -0.2) is 92.6 Å². The van der Waals surface area contributed by atoms with Gasteiger partial charge < -0.3 is 36.5 Å². The van der Waals surface area contributed by atoms with E-state index < -0.39 is 54.0 Å². The minimum Gasteiger partial charge on any atom is -0.480 e. The number of para-hydroxylation sites is 1. The number of nitrogens with two attached hydrogens (primary N) is 1.